The molecule has 0 saturated heterocycles. The van der Waals surface area contributed by atoms with Gasteiger partial charge in [0, 0.05) is 36.1 Å². The third-order valence-corrected chi connectivity index (χ3v) is 5.92. The number of carbonyl (C=O) groups excluding carboxylic acids is 1. The summed E-state index contributed by atoms with van der Waals surface area (Å²) in [4.78, 5) is 22.7. The number of aromatic nitrogens is 2. The van der Waals surface area contributed by atoms with Crippen LogP contribution in [-0.2, 0) is 15.0 Å². The van der Waals surface area contributed by atoms with Crippen molar-refractivity contribution < 1.29 is 14.7 Å². The Morgan fingerprint density at radius 2 is 1.81 bits per heavy atom. The number of aryl methyl sites for hydroxylation is 1. The SMILES string of the molecule is Cc1nn(-c2ccc(C(C)(C)C)cc2)c(C)c1[C@H]1C=C[C@@H](NC(=O)CCCC(=O)O)C1. The van der Waals surface area contributed by atoms with E-state index >= 15 is 0 Å². The smallest absolute Gasteiger partial charge is 0.303 e. The standard InChI is InChI=1S/C25H33N3O3/c1-16-24(18-9-12-20(15-18)26-22(29)7-6-8-23(30)31)17(2)28(27-16)21-13-10-19(11-14-21)25(3,4)5/h9-14,18,20H,6-8,15H2,1-5H3,(H,26,29)(H,30,31)/t18-,20+/m0/s1. The molecule has 3 rings (SSSR count). The molecule has 0 saturated carbocycles. The van der Waals surface area contributed by atoms with E-state index in [1.165, 1.54) is 11.1 Å². The van der Waals surface area contributed by atoms with Crippen LogP contribution in [0.4, 0.5) is 0 Å². The van der Waals surface area contributed by atoms with E-state index in [0.717, 1.165) is 23.5 Å². The highest BCUT2D eigenvalue weighted by Crippen LogP contribution is 2.34. The quantitative estimate of drug-likeness (QED) is 0.639. The molecule has 2 N–H and O–H groups in total. The molecule has 6 heteroatoms. The molecule has 0 spiro atoms. The van der Waals surface area contributed by atoms with Crippen molar-refractivity contribution in [3.05, 3.63) is 58.9 Å². The van der Waals surface area contributed by atoms with Crippen LogP contribution in [0.5, 0.6) is 0 Å². The number of hydrogen-bond acceptors (Lipinski definition) is 3. The monoisotopic (exact) mass is 423 g/mol. The van der Waals surface area contributed by atoms with E-state index in [0.29, 0.717) is 6.42 Å². The van der Waals surface area contributed by atoms with Gasteiger partial charge in [-0.1, -0.05) is 45.1 Å². The molecule has 0 bridgehead atoms. The maximum atomic E-state index is 12.1. The van der Waals surface area contributed by atoms with Gasteiger partial charge in [-0.05, 0) is 49.8 Å². The van der Waals surface area contributed by atoms with Crippen LogP contribution in [0.15, 0.2) is 36.4 Å². The van der Waals surface area contributed by atoms with E-state index in [4.69, 9.17) is 10.2 Å². The number of benzene rings is 1. The summed E-state index contributed by atoms with van der Waals surface area (Å²) in [6.45, 7) is 10.7. The summed E-state index contributed by atoms with van der Waals surface area (Å²) in [6.07, 6.45) is 5.59. The molecule has 0 fully saturated rings. The summed E-state index contributed by atoms with van der Waals surface area (Å²) in [6, 6.07) is 8.53. The maximum Gasteiger partial charge on any atom is 0.303 e. The molecule has 31 heavy (non-hydrogen) atoms. The lowest BCUT2D eigenvalue weighted by atomic mass is 9.87. The molecule has 166 valence electrons. The summed E-state index contributed by atoms with van der Waals surface area (Å²) in [7, 11) is 0. The van der Waals surface area contributed by atoms with Gasteiger partial charge in [-0.15, -0.1) is 0 Å². The number of hydrogen-bond donors (Lipinski definition) is 2. The minimum Gasteiger partial charge on any atom is -0.481 e. The first-order chi connectivity index (χ1) is 14.6. The highest BCUT2D eigenvalue weighted by atomic mass is 16.4. The molecule has 0 unspecified atom stereocenters. The fourth-order valence-corrected chi connectivity index (χ4v) is 4.24. The molecule has 2 aromatic rings. The summed E-state index contributed by atoms with van der Waals surface area (Å²) in [5.41, 5.74) is 5.77. The van der Waals surface area contributed by atoms with E-state index in [1.54, 1.807) is 0 Å². The molecule has 0 radical (unpaired) electrons. The highest BCUT2D eigenvalue weighted by Gasteiger charge is 2.27. The van der Waals surface area contributed by atoms with Gasteiger partial charge in [0.1, 0.15) is 0 Å². The van der Waals surface area contributed by atoms with Crippen LogP contribution in [0.2, 0.25) is 0 Å². The third-order valence-electron chi connectivity index (χ3n) is 5.92. The van der Waals surface area contributed by atoms with Crippen LogP contribution in [0, 0.1) is 13.8 Å². The van der Waals surface area contributed by atoms with Gasteiger partial charge in [0.05, 0.1) is 11.4 Å². The van der Waals surface area contributed by atoms with Crippen molar-refractivity contribution in [1.82, 2.24) is 15.1 Å². The van der Waals surface area contributed by atoms with Crippen LogP contribution >= 0.6 is 0 Å². The number of nitrogens with zero attached hydrogens (tertiary/aromatic N) is 2. The van der Waals surface area contributed by atoms with Gasteiger partial charge in [0.25, 0.3) is 0 Å². The van der Waals surface area contributed by atoms with Gasteiger partial charge in [0.15, 0.2) is 0 Å². The second-order valence-electron chi connectivity index (χ2n) is 9.44. The summed E-state index contributed by atoms with van der Waals surface area (Å²) in [5.74, 6) is -0.767. The van der Waals surface area contributed by atoms with Crippen LogP contribution < -0.4 is 5.32 Å². The van der Waals surface area contributed by atoms with Gasteiger partial charge in [-0.2, -0.15) is 5.10 Å². The predicted octanol–water partition coefficient (Wildman–Crippen LogP) is 4.57. The molecule has 1 aromatic carbocycles. The summed E-state index contributed by atoms with van der Waals surface area (Å²) < 4.78 is 2.00. The summed E-state index contributed by atoms with van der Waals surface area (Å²) in [5, 5.41) is 16.5. The van der Waals surface area contributed by atoms with E-state index < -0.39 is 5.97 Å². The molecular weight excluding hydrogens is 390 g/mol. The fourth-order valence-electron chi connectivity index (χ4n) is 4.24. The van der Waals surface area contributed by atoms with Crippen molar-refractivity contribution in [2.75, 3.05) is 0 Å². The second-order valence-corrected chi connectivity index (χ2v) is 9.44. The van der Waals surface area contributed by atoms with E-state index in [9.17, 15) is 9.59 Å². The maximum absolute atomic E-state index is 12.1. The van der Waals surface area contributed by atoms with E-state index in [1.807, 2.05) is 17.7 Å². The third kappa shape index (κ3) is 5.43. The first kappa shape index (κ1) is 22.8. The molecule has 2 atom stereocenters. The number of rotatable bonds is 7. The minimum absolute atomic E-state index is 0.0187. The van der Waals surface area contributed by atoms with Gasteiger partial charge in [-0.25, -0.2) is 4.68 Å². The van der Waals surface area contributed by atoms with E-state index in [2.05, 4.69) is 63.4 Å². The lowest BCUT2D eigenvalue weighted by Crippen LogP contribution is -2.32. The molecule has 6 nitrogen and oxygen atoms in total. The molecule has 1 heterocycles. The van der Waals surface area contributed by atoms with Gasteiger partial charge in [-0.3, -0.25) is 9.59 Å². The van der Waals surface area contributed by atoms with Gasteiger partial charge >= 0.3 is 5.97 Å². The van der Waals surface area contributed by atoms with Crippen molar-refractivity contribution in [1.29, 1.82) is 0 Å². The molecule has 1 aromatic heterocycles. The van der Waals surface area contributed by atoms with Crippen molar-refractivity contribution in [2.45, 2.75) is 77.7 Å². The summed E-state index contributed by atoms with van der Waals surface area (Å²) >= 11 is 0. The number of carboxylic acids is 1. The van der Waals surface area contributed by atoms with Crippen LogP contribution in [0.25, 0.3) is 5.69 Å². The minimum atomic E-state index is -0.871. The Hall–Kier alpha value is -2.89. The van der Waals surface area contributed by atoms with Crippen molar-refractivity contribution in [3.63, 3.8) is 0 Å². The zero-order valence-corrected chi connectivity index (χ0v) is 19.1. The Morgan fingerprint density at radius 1 is 1.13 bits per heavy atom. The first-order valence-electron chi connectivity index (χ1n) is 10.9. The largest absolute Gasteiger partial charge is 0.481 e. The molecule has 1 aliphatic rings. The van der Waals surface area contributed by atoms with Crippen molar-refractivity contribution in [2.24, 2.45) is 0 Å². The molecule has 0 aliphatic heterocycles. The zero-order valence-electron chi connectivity index (χ0n) is 19.1. The second kappa shape index (κ2) is 9.08. The number of nitrogens with one attached hydrogen (secondary N) is 1. The predicted molar refractivity (Wildman–Crippen MR) is 122 cm³/mol. The number of amides is 1. The molecule has 1 amide bonds. The Morgan fingerprint density at radius 3 is 2.42 bits per heavy atom. The Labute approximate surface area is 184 Å². The van der Waals surface area contributed by atoms with Crippen LogP contribution in [0.1, 0.15) is 74.9 Å². The Balaban J connectivity index is 1.68. The Kier molecular flexibility index (Phi) is 6.68. The number of carboxylic acid groups (broad SMARTS) is 1. The van der Waals surface area contributed by atoms with Crippen molar-refractivity contribution >= 4 is 11.9 Å². The normalized spacial score (nSPS) is 18.4. The van der Waals surface area contributed by atoms with Crippen LogP contribution in [0.3, 0.4) is 0 Å². The highest BCUT2D eigenvalue weighted by molar-refractivity contribution is 5.77. The van der Waals surface area contributed by atoms with E-state index in [-0.39, 0.29) is 36.1 Å². The Bertz CT molecular complexity index is 981. The molecular formula is C25H33N3O3. The topological polar surface area (TPSA) is 84.2 Å². The van der Waals surface area contributed by atoms with Crippen molar-refractivity contribution in [3.8, 4) is 5.69 Å². The number of allylic oxidation sites excluding steroid dienone is 1. The average molecular weight is 424 g/mol. The zero-order chi connectivity index (χ0) is 22.8. The molecule has 1 aliphatic carbocycles. The fraction of sp³-hybridized carbons (Fsp3) is 0.480. The lowest BCUT2D eigenvalue weighted by Gasteiger charge is -2.19. The lowest BCUT2D eigenvalue weighted by molar-refractivity contribution is -0.137. The average Bonchev–Trinajstić information content (AvgIpc) is 3.24. The number of carbonyl (C=O) groups is 2. The first-order valence-corrected chi connectivity index (χ1v) is 10.9. The van der Waals surface area contributed by atoms with Gasteiger partial charge < -0.3 is 10.4 Å². The van der Waals surface area contributed by atoms with Gasteiger partial charge in [0.2, 0.25) is 5.91 Å². The van der Waals surface area contributed by atoms with Crippen LogP contribution in [-0.4, -0.2) is 32.8 Å². The number of aliphatic carboxylic acids is 1.